The molecular formula is C18H29N5O. The minimum atomic E-state index is 0.0535. The van der Waals surface area contributed by atoms with Gasteiger partial charge in [-0.05, 0) is 31.9 Å². The molecule has 1 aliphatic heterocycles. The molecule has 6 nitrogen and oxygen atoms in total. The third kappa shape index (κ3) is 4.94. The summed E-state index contributed by atoms with van der Waals surface area (Å²) in [6.07, 6.45) is 2.75. The lowest BCUT2D eigenvalue weighted by atomic mass is 10.2. The fourth-order valence-corrected chi connectivity index (χ4v) is 2.79. The number of aliphatic imine (C=N–C) groups is 1. The lowest BCUT2D eigenvalue weighted by Gasteiger charge is -2.20. The van der Waals surface area contributed by atoms with E-state index in [1.54, 1.807) is 6.20 Å². The number of carbonyl (C=O) groups excluding carboxylic acids is 1. The first-order valence-corrected chi connectivity index (χ1v) is 8.75. The van der Waals surface area contributed by atoms with Gasteiger partial charge in [-0.1, -0.05) is 19.9 Å². The Labute approximate surface area is 144 Å². The predicted molar refractivity (Wildman–Crippen MR) is 96.7 cm³/mol. The maximum Gasteiger partial charge on any atom is 0.225 e. The Morgan fingerprint density at radius 3 is 2.96 bits per heavy atom. The highest BCUT2D eigenvalue weighted by Gasteiger charge is 2.27. The molecule has 24 heavy (non-hydrogen) atoms. The van der Waals surface area contributed by atoms with Crippen molar-refractivity contribution in [2.45, 2.75) is 46.7 Å². The fraction of sp³-hybridized carbons (Fsp3) is 0.611. The molecule has 0 saturated carbocycles. The van der Waals surface area contributed by atoms with Crippen molar-refractivity contribution in [3.63, 3.8) is 0 Å². The van der Waals surface area contributed by atoms with Crippen LogP contribution in [0.15, 0.2) is 23.3 Å². The van der Waals surface area contributed by atoms with Crippen molar-refractivity contribution in [1.29, 1.82) is 0 Å². The summed E-state index contributed by atoms with van der Waals surface area (Å²) in [4.78, 5) is 23.1. The molecule has 1 unspecified atom stereocenters. The average Bonchev–Trinajstić information content (AvgIpc) is 3.01. The summed E-state index contributed by atoms with van der Waals surface area (Å²) in [5.41, 5.74) is 2.13. The summed E-state index contributed by atoms with van der Waals surface area (Å²) in [5.74, 6) is 1.06. The molecule has 0 spiro atoms. The molecule has 1 saturated heterocycles. The van der Waals surface area contributed by atoms with Gasteiger partial charge in [-0.25, -0.2) is 4.99 Å². The zero-order valence-electron chi connectivity index (χ0n) is 15.2. The highest BCUT2D eigenvalue weighted by molar-refractivity contribution is 5.81. The summed E-state index contributed by atoms with van der Waals surface area (Å²) in [5, 5.41) is 6.72. The Balaban J connectivity index is 1.95. The van der Waals surface area contributed by atoms with E-state index in [1.807, 2.05) is 44.7 Å². The van der Waals surface area contributed by atoms with Gasteiger partial charge >= 0.3 is 0 Å². The van der Waals surface area contributed by atoms with Gasteiger partial charge in [0, 0.05) is 37.8 Å². The molecule has 6 heteroatoms. The summed E-state index contributed by atoms with van der Waals surface area (Å²) < 4.78 is 0. The topological polar surface area (TPSA) is 69.6 Å². The van der Waals surface area contributed by atoms with Gasteiger partial charge in [-0.2, -0.15) is 0 Å². The first kappa shape index (κ1) is 18.2. The highest BCUT2D eigenvalue weighted by Crippen LogP contribution is 2.13. The van der Waals surface area contributed by atoms with E-state index in [1.165, 1.54) is 0 Å². The van der Waals surface area contributed by atoms with Crippen LogP contribution in [-0.4, -0.2) is 47.4 Å². The molecule has 0 aliphatic carbocycles. The molecule has 2 heterocycles. The monoisotopic (exact) mass is 331 g/mol. The lowest BCUT2D eigenvalue weighted by molar-refractivity contribution is -0.133. The largest absolute Gasteiger partial charge is 0.357 e. The summed E-state index contributed by atoms with van der Waals surface area (Å²) >= 11 is 0. The van der Waals surface area contributed by atoms with E-state index >= 15 is 0 Å². The molecule has 2 N–H and O–H groups in total. The fourth-order valence-electron chi connectivity index (χ4n) is 2.79. The zero-order valence-corrected chi connectivity index (χ0v) is 15.2. The van der Waals surface area contributed by atoms with Gasteiger partial charge in [0.2, 0.25) is 5.91 Å². The van der Waals surface area contributed by atoms with Crippen LogP contribution < -0.4 is 10.6 Å². The van der Waals surface area contributed by atoms with Crippen molar-refractivity contribution >= 4 is 11.9 Å². The third-order valence-corrected chi connectivity index (χ3v) is 4.18. The number of likely N-dealkylation sites (tertiary alicyclic amines) is 1. The van der Waals surface area contributed by atoms with E-state index in [2.05, 4.69) is 20.6 Å². The number of carbonyl (C=O) groups is 1. The molecule has 1 aromatic heterocycles. The van der Waals surface area contributed by atoms with E-state index in [0.717, 1.165) is 43.3 Å². The number of aromatic nitrogens is 1. The first-order chi connectivity index (χ1) is 11.5. The second-order valence-electron chi connectivity index (χ2n) is 6.53. The molecular weight excluding hydrogens is 302 g/mol. The first-order valence-electron chi connectivity index (χ1n) is 8.75. The van der Waals surface area contributed by atoms with Gasteiger partial charge in [0.1, 0.15) is 0 Å². The van der Waals surface area contributed by atoms with Crippen molar-refractivity contribution < 1.29 is 4.79 Å². The van der Waals surface area contributed by atoms with Crippen molar-refractivity contribution in [3.8, 4) is 0 Å². The van der Waals surface area contributed by atoms with Crippen LogP contribution in [-0.2, 0) is 11.3 Å². The van der Waals surface area contributed by atoms with Gasteiger partial charge in [0.25, 0.3) is 0 Å². The minimum absolute atomic E-state index is 0.0535. The van der Waals surface area contributed by atoms with Crippen molar-refractivity contribution in [2.75, 3.05) is 19.6 Å². The van der Waals surface area contributed by atoms with Gasteiger partial charge < -0.3 is 15.5 Å². The molecule has 0 radical (unpaired) electrons. The number of pyridine rings is 1. The summed E-state index contributed by atoms with van der Waals surface area (Å²) in [6, 6.07) is 4.23. The maximum atomic E-state index is 12.1. The highest BCUT2D eigenvalue weighted by atomic mass is 16.2. The number of hydrogen-bond donors (Lipinski definition) is 2. The average molecular weight is 331 g/mol. The molecule has 132 valence electrons. The number of nitrogens with one attached hydrogen (secondary N) is 2. The maximum absolute atomic E-state index is 12.1. The zero-order chi connectivity index (χ0) is 17.5. The molecule has 0 aromatic carbocycles. The lowest BCUT2D eigenvalue weighted by Crippen LogP contribution is -2.45. The smallest absolute Gasteiger partial charge is 0.225 e. The van der Waals surface area contributed by atoms with Crippen molar-refractivity contribution in [1.82, 2.24) is 20.5 Å². The normalized spacial score (nSPS) is 18.1. The van der Waals surface area contributed by atoms with Crippen LogP contribution in [0, 0.1) is 12.8 Å². The molecule has 2 rings (SSSR count). The molecule has 1 amide bonds. The summed E-state index contributed by atoms with van der Waals surface area (Å²) in [7, 11) is 0. The molecule has 1 atom stereocenters. The number of aryl methyl sites for hydroxylation is 1. The number of guanidine groups is 1. The number of hydrogen-bond acceptors (Lipinski definition) is 3. The standard InChI is InChI=1S/C18H29N5O/c1-5-19-18(21-11-16-14(4)7-6-9-20-16)22-15-8-10-23(12-15)17(24)13(2)3/h6-7,9,13,15H,5,8,10-12H2,1-4H3,(H2,19,21,22). The van der Waals surface area contributed by atoms with Gasteiger partial charge in [-0.15, -0.1) is 0 Å². The van der Waals surface area contributed by atoms with E-state index in [9.17, 15) is 4.79 Å². The molecule has 1 aromatic rings. The van der Waals surface area contributed by atoms with Crippen molar-refractivity contribution in [3.05, 3.63) is 29.6 Å². The number of amides is 1. The molecule has 1 fully saturated rings. The van der Waals surface area contributed by atoms with Gasteiger partial charge in [0.15, 0.2) is 5.96 Å². The molecule has 0 bridgehead atoms. The number of rotatable bonds is 5. The van der Waals surface area contributed by atoms with Crippen LogP contribution in [0.5, 0.6) is 0 Å². The van der Waals surface area contributed by atoms with Crippen LogP contribution >= 0.6 is 0 Å². The Morgan fingerprint density at radius 2 is 2.29 bits per heavy atom. The van der Waals surface area contributed by atoms with E-state index in [4.69, 9.17) is 0 Å². The van der Waals surface area contributed by atoms with Gasteiger partial charge in [0.05, 0.1) is 12.2 Å². The summed E-state index contributed by atoms with van der Waals surface area (Å²) in [6.45, 7) is 10.9. The Bertz CT molecular complexity index is 585. The SMILES string of the molecule is CCNC(=NCc1ncccc1C)NC1CCN(C(=O)C(C)C)C1. The van der Waals surface area contributed by atoms with Crippen LogP contribution in [0.1, 0.15) is 38.4 Å². The van der Waals surface area contributed by atoms with Crippen LogP contribution in [0.2, 0.25) is 0 Å². The Kier molecular flexibility index (Phi) is 6.58. The van der Waals surface area contributed by atoms with E-state index in [0.29, 0.717) is 6.54 Å². The van der Waals surface area contributed by atoms with Gasteiger partial charge in [-0.3, -0.25) is 9.78 Å². The van der Waals surface area contributed by atoms with Crippen LogP contribution in [0.3, 0.4) is 0 Å². The molecule has 1 aliphatic rings. The minimum Gasteiger partial charge on any atom is -0.357 e. The van der Waals surface area contributed by atoms with Crippen LogP contribution in [0.4, 0.5) is 0 Å². The second-order valence-corrected chi connectivity index (χ2v) is 6.53. The Morgan fingerprint density at radius 1 is 1.50 bits per heavy atom. The van der Waals surface area contributed by atoms with E-state index in [-0.39, 0.29) is 17.9 Å². The predicted octanol–water partition coefficient (Wildman–Crippen LogP) is 1.70. The second kappa shape index (κ2) is 8.66. The third-order valence-electron chi connectivity index (χ3n) is 4.18. The van der Waals surface area contributed by atoms with E-state index < -0.39 is 0 Å². The van der Waals surface area contributed by atoms with Crippen molar-refractivity contribution in [2.24, 2.45) is 10.9 Å². The van der Waals surface area contributed by atoms with Crippen LogP contribution in [0.25, 0.3) is 0 Å². The quantitative estimate of drug-likeness (QED) is 0.636. The Hall–Kier alpha value is -2.11. The number of nitrogens with zero attached hydrogens (tertiary/aromatic N) is 3.